The first-order valence-electron chi connectivity index (χ1n) is 4.96. The number of nitrogens with one attached hydrogen (secondary N) is 1. The van der Waals surface area contributed by atoms with E-state index in [4.69, 9.17) is 0 Å². The molecule has 0 amide bonds. The average Bonchev–Trinajstić information content (AvgIpc) is 2.22. The van der Waals surface area contributed by atoms with Crippen LogP contribution < -0.4 is 5.32 Å². The minimum Gasteiger partial charge on any atom is -0.339 e. The number of hydrogen-bond donors (Lipinski definition) is 1. The number of nitrogens with zero attached hydrogens (tertiary/aromatic N) is 2. The Hall–Kier alpha value is -1.42. The van der Waals surface area contributed by atoms with Crippen LogP contribution in [-0.4, -0.2) is 9.97 Å². The molecular formula is C12H12BrN3. The Labute approximate surface area is 103 Å². The summed E-state index contributed by atoms with van der Waals surface area (Å²) in [4.78, 5) is 8.45. The summed E-state index contributed by atoms with van der Waals surface area (Å²) in [6.07, 6.45) is 5.39. The van der Waals surface area contributed by atoms with Crippen LogP contribution in [0.1, 0.15) is 11.1 Å². The molecule has 0 spiro atoms. The maximum absolute atomic E-state index is 4.32. The van der Waals surface area contributed by atoms with E-state index in [9.17, 15) is 0 Å². The van der Waals surface area contributed by atoms with Crippen LogP contribution in [0.2, 0.25) is 0 Å². The summed E-state index contributed by atoms with van der Waals surface area (Å²) in [6, 6.07) is 4.06. The average molecular weight is 278 g/mol. The number of halogens is 1. The second-order valence-electron chi connectivity index (χ2n) is 3.70. The Morgan fingerprint density at radius 3 is 2.62 bits per heavy atom. The lowest BCUT2D eigenvalue weighted by atomic mass is 10.2. The third-order valence-electron chi connectivity index (χ3n) is 2.18. The van der Waals surface area contributed by atoms with Gasteiger partial charge >= 0.3 is 0 Å². The number of anilines is 2. The van der Waals surface area contributed by atoms with Crippen LogP contribution in [-0.2, 0) is 0 Å². The first kappa shape index (κ1) is 11.1. The molecule has 82 valence electrons. The smallest absolute Gasteiger partial charge is 0.133 e. The number of pyridine rings is 2. The van der Waals surface area contributed by atoms with Gasteiger partial charge in [0.2, 0.25) is 0 Å². The molecule has 0 bridgehead atoms. The Morgan fingerprint density at radius 1 is 1.12 bits per heavy atom. The van der Waals surface area contributed by atoms with Crippen LogP contribution in [0.4, 0.5) is 11.5 Å². The molecule has 0 saturated carbocycles. The highest BCUT2D eigenvalue weighted by Gasteiger charge is 2.01. The molecule has 1 N–H and O–H groups in total. The molecule has 2 heterocycles. The van der Waals surface area contributed by atoms with Gasteiger partial charge in [-0.25, -0.2) is 4.98 Å². The summed E-state index contributed by atoms with van der Waals surface area (Å²) in [7, 11) is 0. The molecule has 0 aliphatic heterocycles. The summed E-state index contributed by atoms with van der Waals surface area (Å²) < 4.78 is 0.984. The van der Waals surface area contributed by atoms with Gasteiger partial charge in [0.1, 0.15) is 5.82 Å². The van der Waals surface area contributed by atoms with Gasteiger partial charge < -0.3 is 5.32 Å². The summed E-state index contributed by atoms with van der Waals surface area (Å²) in [5.41, 5.74) is 3.17. The quantitative estimate of drug-likeness (QED) is 0.912. The molecule has 2 aromatic rings. The van der Waals surface area contributed by atoms with Gasteiger partial charge in [0.05, 0.1) is 11.9 Å². The van der Waals surface area contributed by atoms with Gasteiger partial charge in [-0.1, -0.05) is 0 Å². The largest absolute Gasteiger partial charge is 0.339 e. The fourth-order valence-electron chi connectivity index (χ4n) is 1.43. The predicted octanol–water partition coefficient (Wildman–Crippen LogP) is 3.60. The van der Waals surface area contributed by atoms with Crippen molar-refractivity contribution in [3.8, 4) is 0 Å². The lowest BCUT2D eigenvalue weighted by molar-refractivity contribution is 1.22. The molecule has 16 heavy (non-hydrogen) atoms. The van der Waals surface area contributed by atoms with E-state index in [1.54, 1.807) is 12.4 Å². The standard InChI is InChI=1S/C12H12BrN3/c1-8-3-11(7-14-5-8)16-12-9(2)4-10(13)6-15-12/h3-7H,1-2H3,(H,15,16). The number of rotatable bonds is 2. The predicted molar refractivity (Wildman–Crippen MR) is 68.9 cm³/mol. The van der Waals surface area contributed by atoms with Crippen LogP contribution in [0.5, 0.6) is 0 Å². The van der Waals surface area contributed by atoms with Crippen molar-refractivity contribution in [2.75, 3.05) is 5.32 Å². The van der Waals surface area contributed by atoms with Gasteiger partial charge in [0.15, 0.2) is 0 Å². The molecular weight excluding hydrogens is 266 g/mol. The van der Waals surface area contributed by atoms with Crippen LogP contribution in [0.15, 0.2) is 35.2 Å². The van der Waals surface area contributed by atoms with E-state index in [2.05, 4.69) is 31.2 Å². The molecule has 0 atom stereocenters. The fourth-order valence-corrected chi connectivity index (χ4v) is 1.88. The third kappa shape index (κ3) is 2.58. The minimum absolute atomic E-state index is 0.857. The summed E-state index contributed by atoms with van der Waals surface area (Å²) >= 11 is 3.39. The van der Waals surface area contributed by atoms with E-state index in [1.807, 2.05) is 32.2 Å². The van der Waals surface area contributed by atoms with E-state index in [-0.39, 0.29) is 0 Å². The monoisotopic (exact) mass is 277 g/mol. The molecule has 3 nitrogen and oxygen atoms in total. The van der Waals surface area contributed by atoms with Crippen molar-refractivity contribution in [1.29, 1.82) is 0 Å². The molecule has 0 aromatic carbocycles. The van der Waals surface area contributed by atoms with E-state index in [0.717, 1.165) is 27.1 Å². The Balaban J connectivity index is 2.27. The first-order chi connectivity index (χ1) is 7.65. The second kappa shape index (κ2) is 4.61. The van der Waals surface area contributed by atoms with Crippen molar-refractivity contribution < 1.29 is 0 Å². The van der Waals surface area contributed by atoms with Gasteiger partial charge in [-0.15, -0.1) is 0 Å². The lowest BCUT2D eigenvalue weighted by Gasteiger charge is -2.08. The molecule has 0 unspecified atom stereocenters. The van der Waals surface area contributed by atoms with Gasteiger partial charge in [-0.2, -0.15) is 0 Å². The maximum Gasteiger partial charge on any atom is 0.133 e. The zero-order valence-electron chi connectivity index (χ0n) is 9.16. The first-order valence-corrected chi connectivity index (χ1v) is 5.75. The number of aromatic nitrogens is 2. The third-order valence-corrected chi connectivity index (χ3v) is 2.62. The van der Waals surface area contributed by atoms with Gasteiger partial charge in [0, 0.05) is 16.9 Å². The lowest BCUT2D eigenvalue weighted by Crippen LogP contribution is -1.97. The Kier molecular flexibility index (Phi) is 3.19. The van der Waals surface area contributed by atoms with Crippen molar-refractivity contribution in [3.05, 3.63) is 46.3 Å². The summed E-state index contributed by atoms with van der Waals surface area (Å²) in [5, 5.41) is 3.25. The van der Waals surface area contributed by atoms with Crippen molar-refractivity contribution in [2.45, 2.75) is 13.8 Å². The van der Waals surface area contributed by atoms with Crippen molar-refractivity contribution in [2.24, 2.45) is 0 Å². The van der Waals surface area contributed by atoms with Crippen molar-refractivity contribution in [3.63, 3.8) is 0 Å². The van der Waals surface area contributed by atoms with E-state index >= 15 is 0 Å². The van der Waals surface area contributed by atoms with Crippen LogP contribution in [0, 0.1) is 13.8 Å². The molecule has 0 saturated heterocycles. The topological polar surface area (TPSA) is 37.8 Å². The van der Waals surface area contributed by atoms with Crippen molar-refractivity contribution >= 4 is 27.4 Å². The van der Waals surface area contributed by atoms with Crippen molar-refractivity contribution in [1.82, 2.24) is 9.97 Å². The van der Waals surface area contributed by atoms with Gasteiger partial charge in [-0.3, -0.25) is 4.98 Å². The zero-order valence-corrected chi connectivity index (χ0v) is 10.7. The molecule has 2 rings (SSSR count). The highest BCUT2D eigenvalue weighted by Crippen LogP contribution is 2.20. The highest BCUT2D eigenvalue weighted by atomic mass is 79.9. The summed E-state index contributed by atoms with van der Waals surface area (Å²) in [6.45, 7) is 4.03. The van der Waals surface area contributed by atoms with Crippen LogP contribution >= 0.6 is 15.9 Å². The number of aryl methyl sites for hydroxylation is 2. The maximum atomic E-state index is 4.32. The Morgan fingerprint density at radius 2 is 1.94 bits per heavy atom. The SMILES string of the molecule is Cc1cncc(Nc2ncc(Br)cc2C)c1. The normalized spacial score (nSPS) is 10.2. The van der Waals surface area contributed by atoms with Gasteiger partial charge in [-0.05, 0) is 53.0 Å². The van der Waals surface area contributed by atoms with Crippen LogP contribution in [0.3, 0.4) is 0 Å². The van der Waals surface area contributed by atoms with Crippen LogP contribution in [0.25, 0.3) is 0 Å². The highest BCUT2D eigenvalue weighted by molar-refractivity contribution is 9.10. The molecule has 0 fully saturated rings. The molecule has 0 aliphatic carbocycles. The van der Waals surface area contributed by atoms with E-state index in [1.165, 1.54) is 0 Å². The molecule has 0 aliphatic rings. The zero-order chi connectivity index (χ0) is 11.5. The minimum atomic E-state index is 0.857. The number of hydrogen-bond acceptors (Lipinski definition) is 3. The Bertz CT molecular complexity index is 511. The fraction of sp³-hybridized carbons (Fsp3) is 0.167. The molecule has 4 heteroatoms. The van der Waals surface area contributed by atoms with E-state index < -0.39 is 0 Å². The second-order valence-corrected chi connectivity index (χ2v) is 4.61. The molecule has 0 radical (unpaired) electrons. The summed E-state index contributed by atoms with van der Waals surface area (Å²) in [5.74, 6) is 0.857. The molecule has 2 aromatic heterocycles. The van der Waals surface area contributed by atoms with E-state index in [0.29, 0.717) is 0 Å². The van der Waals surface area contributed by atoms with Gasteiger partial charge in [0.25, 0.3) is 0 Å².